The van der Waals surface area contributed by atoms with Gasteiger partial charge >= 0.3 is 0 Å². The molecule has 0 bridgehead atoms. The van der Waals surface area contributed by atoms with E-state index < -0.39 is 0 Å². The van der Waals surface area contributed by atoms with E-state index in [0.29, 0.717) is 5.02 Å². The largest absolute Gasteiger partial charge is 0.493 e. The fraction of sp³-hybridized carbons (Fsp3) is 0.167. The lowest BCUT2D eigenvalue weighted by atomic mass is 10.3. The number of hydrogen-bond acceptors (Lipinski definition) is 3. The zero-order valence-corrected chi connectivity index (χ0v) is 14.2. The molecule has 0 radical (unpaired) electrons. The average molecular weight is 412 g/mol. The summed E-state index contributed by atoms with van der Waals surface area (Å²) in [5.41, 5.74) is 0.872. The summed E-state index contributed by atoms with van der Waals surface area (Å²) in [5, 5.41) is 6.04. The molecular weight excluding hydrogens is 401 g/mol. The molecule has 0 spiro atoms. The van der Waals surface area contributed by atoms with Gasteiger partial charge in [-0.05, 0) is 55.4 Å². The van der Waals surface area contributed by atoms with Gasteiger partial charge in [0.1, 0.15) is 0 Å². The Morgan fingerprint density at radius 3 is 2.72 bits per heavy atom. The topological polar surface area (TPSA) is 21.3 Å². The fourth-order valence-corrected chi connectivity index (χ4v) is 3.93. The summed E-state index contributed by atoms with van der Waals surface area (Å²) >= 11 is 14.7. The maximum atomic E-state index is 6.04. The van der Waals surface area contributed by atoms with Crippen molar-refractivity contribution in [1.82, 2.24) is 0 Å². The molecule has 6 heteroatoms. The molecular formula is C12H10Br2ClNOS. The summed E-state index contributed by atoms with van der Waals surface area (Å²) in [6.45, 7) is 0.724. The maximum absolute atomic E-state index is 6.04. The summed E-state index contributed by atoms with van der Waals surface area (Å²) in [6.07, 6.45) is 0. The van der Waals surface area contributed by atoms with Crippen LogP contribution in [-0.2, 0) is 6.54 Å². The van der Waals surface area contributed by atoms with E-state index in [4.69, 9.17) is 16.3 Å². The number of ether oxygens (including phenoxy) is 1. The highest BCUT2D eigenvalue weighted by atomic mass is 79.9. The number of nitrogens with one attached hydrogen (secondary N) is 1. The van der Waals surface area contributed by atoms with Gasteiger partial charge in [0.25, 0.3) is 0 Å². The third-order valence-corrected chi connectivity index (χ3v) is 5.08. The van der Waals surface area contributed by atoms with E-state index in [2.05, 4.69) is 37.2 Å². The molecule has 96 valence electrons. The Kier molecular flexibility index (Phi) is 4.95. The molecule has 0 aliphatic carbocycles. The van der Waals surface area contributed by atoms with Crippen LogP contribution in [0.1, 0.15) is 4.88 Å². The number of methoxy groups -OCH3 is 1. The lowest BCUT2D eigenvalue weighted by molar-refractivity contribution is 0.414. The molecule has 0 unspecified atom stereocenters. The van der Waals surface area contributed by atoms with Crippen molar-refractivity contribution in [3.8, 4) is 5.75 Å². The molecule has 0 saturated carbocycles. The van der Waals surface area contributed by atoms with Crippen LogP contribution in [0.4, 0.5) is 5.69 Å². The van der Waals surface area contributed by atoms with Crippen LogP contribution in [0.3, 0.4) is 0 Å². The van der Waals surface area contributed by atoms with Crippen LogP contribution in [0, 0.1) is 0 Å². The Bertz CT molecular complexity index is 559. The molecule has 0 atom stereocenters. The number of halogens is 3. The van der Waals surface area contributed by atoms with Gasteiger partial charge in [0.05, 0.1) is 23.8 Å². The molecule has 1 aromatic heterocycles. The van der Waals surface area contributed by atoms with E-state index >= 15 is 0 Å². The van der Waals surface area contributed by atoms with E-state index in [0.717, 1.165) is 26.9 Å². The van der Waals surface area contributed by atoms with Gasteiger partial charge in [-0.3, -0.25) is 0 Å². The fourth-order valence-electron chi connectivity index (χ4n) is 1.53. The molecule has 0 aliphatic rings. The first-order chi connectivity index (χ1) is 8.61. The van der Waals surface area contributed by atoms with E-state index in [9.17, 15) is 0 Å². The van der Waals surface area contributed by atoms with E-state index in [1.165, 1.54) is 4.88 Å². The minimum absolute atomic E-state index is 0.662. The minimum atomic E-state index is 0.662. The summed E-state index contributed by atoms with van der Waals surface area (Å²) in [4.78, 5) is 1.23. The summed E-state index contributed by atoms with van der Waals surface area (Å²) < 4.78 is 7.30. The zero-order chi connectivity index (χ0) is 13.1. The molecule has 1 N–H and O–H groups in total. The van der Waals surface area contributed by atoms with Crippen LogP contribution in [0.15, 0.2) is 32.5 Å². The van der Waals surface area contributed by atoms with Gasteiger partial charge in [-0.25, -0.2) is 0 Å². The third kappa shape index (κ3) is 3.20. The molecule has 1 aromatic carbocycles. The number of anilines is 1. The van der Waals surface area contributed by atoms with Crippen LogP contribution in [0.25, 0.3) is 0 Å². The first-order valence-electron chi connectivity index (χ1n) is 5.10. The van der Waals surface area contributed by atoms with Crippen molar-refractivity contribution in [3.63, 3.8) is 0 Å². The van der Waals surface area contributed by atoms with Gasteiger partial charge in [0.15, 0.2) is 5.75 Å². The third-order valence-electron chi connectivity index (χ3n) is 2.34. The second-order valence-electron chi connectivity index (χ2n) is 3.51. The highest BCUT2D eigenvalue weighted by Crippen LogP contribution is 2.37. The molecule has 0 fully saturated rings. The highest BCUT2D eigenvalue weighted by Gasteiger charge is 2.10. The van der Waals surface area contributed by atoms with Crippen LogP contribution in [-0.4, -0.2) is 7.11 Å². The van der Waals surface area contributed by atoms with Crippen molar-refractivity contribution in [1.29, 1.82) is 0 Å². The molecule has 2 rings (SSSR count). The Hall–Kier alpha value is -0.230. The van der Waals surface area contributed by atoms with Crippen molar-refractivity contribution in [3.05, 3.63) is 42.4 Å². The van der Waals surface area contributed by atoms with Crippen molar-refractivity contribution < 1.29 is 4.74 Å². The summed E-state index contributed by atoms with van der Waals surface area (Å²) in [7, 11) is 1.64. The van der Waals surface area contributed by atoms with E-state index in [1.807, 2.05) is 23.6 Å². The SMILES string of the molecule is COc1c(Br)cc(Cl)cc1NCc1sccc1Br. The normalized spacial score (nSPS) is 10.4. The predicted octanol–water partition coefficient (Wildman–Crippen LogP) is 5.55. The standard InChI is InChI=1S/C12H10Br2ClNOS/c1-17-12-9(14)4-7(15)5-10(12)16-6-11-8(13)2-3-18-11/h2-5,16H,6H2,1H3. The molecule has 18 heavy (non-hydrogen) atoms. The smallest absolute Gasteiger partial charge is 0.156 e. The van der Waals surface area contributed by atoms with Crippen molar-refractivity contribution in [2.45, 2.75) is 6.54 Å². The van der Waals surface area contributed by atoms with Crippen LogP contribution >= 0.6 is 54.8 Å². The number of benzene rings is 1. The lowest BCUT2D eigenvalue weighted by Gasteiger charge is -2.13. The van der Waals surface area contributed by atoms with Gasteiger partial charge in [-0.2, -0.15) is 0 Å². The number of rotatable bonds is 4. The van der Waals surface area contributed by atoms with E-state index in [-0.39, 0.29) is 0 Å². The highest BCUT2D eigenvalue weighted by molar-refractivity contribution is 9.10. The lowest BCUT2D eigenvalue weighted by Crippen LogP contribution is -2.01. The Labute approximate surface area is 132 Å². The quantitative estimate of drug-likeness (QED) is 0.712. The second kappa shape index (κ2) is 6.28. The Morgan fingerprint density at radius 1 is 1.33 bits per heavy atom. The van der Waals surface area contributed by atoms with Gasteiger partial charge < -0.3 is 10.1 Å². The van der Waals surface area contributed by atoms with Gasteiger partial charge in [0.2, 0.25) is 0 Å². The molecule has 0 amide bonds. The monoisotopic (exact) mass is 409 g/mol. The average Bonchev–Trinajstić information content (AvgIpc) is 2.71. The zero-order valence-electron chi connectivity index (χ0n) is 9.47. The van der Waals surface area contributed by atoms with Crippen LogP contribution in [0.5, 0.6) is 5.75 Å². The molecule has 0 saturated heterocycles. The molecule has 0 aliphatic heterocycles. The molecule has 2 nitrogen and oxygen atoms in total. The Balaban J connectivity index is 2.21. The van der Waals surface area contributed by atoms with Crippen molar-refractivity contribution in [2.24, 2.45) is 0 Å². The summed E-state index contributed by atoms with van der Waals surface area (Å²) in [5.74, 6) is 0.757. The number of thiophene rings is 1. The molecule has 2 aromatic rings. The van der Waals surface area contributed by atoms with Gasteiger partial charge in [-0.15, -0.1) is 11.3 Å². The summed E-state index contributed by atoms with van der Waals surface area (Å²) in [6, 6.07) is 5.70. The number of hydrogen-bond donors (Lipinski definition) is 1. The first-order valence-corrected chi connectivity index (χ1v) is 7.95. The predicted molar refractivity (Wildman–Crippen MR) is 85.0 cm³/mol. The van der Waals surface area contributed by atoms with E-state index in [1.54, 1.807) is 18.4 Å². The van der Waals surface area contributed by atoms with Gasteiger partial charge in [0, 0.05) is 14.4 Å². The minimum Gasteiger partial charge on any atom is -0.493 e. The Morgan fingerprint density at radius 2 is 2.11 bits per heavy atom. The first kappa shape index (κ1) is 14.2. The van der Waals surface area contributed by atoms with Crippen molar-refractivity contribution >= 4 is 60.5 Å². The molecule has 1 heterocycles. The van der Waals surface area contributed by atoms with Gasteiger partial charge in [-0.1, -0.05) is 11.6 Å². The van der Waals surface area contributed by atoms with Crippen LogP contribution in [0.2, 0.25) is 5.02 Å². The second-order valence-corrected chi connectivity index (χ2v) is 6.66. The van der Waals surface area contributed by atoms with Crippen LogP contribution < -0.4 is 10.1 Å². The van der Waals surface area contributed by atoms with Crippen molar-refractivity contribution in [2.75, 3.05) is 12.4 Å². The maximum Gasteiger partial charge on any atom is 0.156 e.